The highest BCUT2D eigenvalue weighted by Gasteiger charge is 2.32. The number of fused-ring (bicyclic) bond motifs is 2. The highest BCUT2D eigenvalue weighted by molar-refractivity contribution is 6.13. The lowest BCUT2D eigenvalue weighted by atomic mass is 9.98. The quantitative estimate of drug-likeness (QED) is 0.249. The number of pyridine rings is 1. The summed E-state index contributed by atoms with van der Waals surface area (Å²) in [6, 6.07) is 7.53. The van der Waals surface area contributed by atoms with Crippen LogP contribution in [0.3, 0.4) is 0 Å². The van der Waals surface area contributed by atoms with Crippen LogP contribution in [0.5, 0.6) is 0 Å². The first-order chi connectivity index (χ1) is 20.3. The number of carbonyl (C=O) groups excluding carboxylic acids is 1. The van der Waals surface area contributed by atoms with Gasteiger partial charge in [-0.3, -0.25) is 14.3 Å². The van der Waals surface area contributed by atoms with Gasteiger partial charge in [0.15, 0.2) is 6.23 Å². The molecule has 2 aromatic carbocycles. The van der Waals surface area contributed by atoms with Gasteiger partial charge in [0.1, 0.15) is 17.5 Å². The molecular formula is C32H32F2N6O2. The van der Waals surface area contributed by atoms with E-state index >= 15 is 0 Å². The summed E-state index contributed by atoms with van der Waals surface area (Å²) >= 11 is 0. The summed E-state index contributed by atoms with van der Waals surface area (Å²) < 4.78 is 38.6. The van der Waals surface area contributed by atoms with Gasteiger partial charge in [-0.25, -0.2) is 13.5 Å². The van der Waals surface area contributed by atoms with Gasteiger partial charge in [-0.15, -0.1) is 0 Å². The molecule has 2 fully saturated rings. The molecule has 5 aromatic rings. The molecule has 42 heavy (non-hydrogen) atoms. The van der Waals surface area contributed by atoms with Crippen LogP contribution in [0.2, 0.25) is 0 Å². The molecule has 4 N–H and O–H groups in total. The fourth-order valence-electron chi connectivity index (χ4n) is 6.46. The molecule has 10 heteroatoms. The molecule has 1 saturated heterocycles. The average Bonchev–Trinajstić information content (AvgIpc) is 3.66. The fourth-order valence-corrected chi connectivity index (χ4v) is 6.46. The number of ether oxygens (including phenoxy) is 1. The van der Waals surface area contributed by atoms with Crippen molar-refractivity contribution < 1.29 is 18.3 Å². The molecule has 216 valence electrons. The molecule has 1 aliphatic carbocycles. The number of nitrogens with two attached hydrogens (primary N) is 2. The number of carbonyl (C=O) groups is 1. The molecular weight excluding hydrogens is 538 g/mol. The normalized spacial score (nSPS) is 17.4. The smallest absolute Gasteiger partial charge is 0.253 e. The second-order valence-electron chi connectivity index (χ2n) is 11.4. The third kappa shape index (κ3) is 4.32. The van der Waals surface area contributed by atoms with Crippen LogP contribution >= 0.6 is 0 Å². The van der Waals surface area contributed by atoms with Crippen LogP contribution in [0.4, 0.5) is 14.6 Å². The van der Waals surface area contributed by atoms with E-state index in [0.29, 0.717) is 23.9 Å². The summed E-state index contributed by atoms with van der Waals surface area (Å²) in [5.41, 5.74) is 18.2. The molecule has 4 heterocycles. The van der Waals surface area contributed by atoms with Crippen LogP contribution in [-0.4, -0.2) is 31.8 Å². The highest BCUT2D eigenvalue weighted by Crippen LogP contribution is 2.45. The van der Waals surface area contributed by atoms with Crippen molar-refractivity contribution in [3.05, 3.63) is 82.3 Å². The Morgan fingerprint density at radius 2 is 1.90 bits per heavy atom. The third-order valence-corrected chi connectivity index (χ3v) is 8.64. The van der Waals surface area contributed by atoms with Crippen molar-refractivity contribution in [2.45, 2.75) is 64.0 Å². The maximum Gasteiger partial charge on any atom is 0.253 e. The number of hydrogen-bond acceptors (Lipinski definition) is 5. The molecule has 3 aromatic heterocycles. The molecule has 1 unspecified atom stereocenters. The Balaban J connectivity index is 1.48. The number of nitrogen functional groups attached to an aromatic ring is 1. The number of aryl methyl sites for hydroxylation is 3. The minimum atomic E-state index is -0.657. The summed E-state index contributed by atoms with van der Waals surface area (Å²) in [5, 5.41) is 6.12. The number of primary amides is 1. The van der Waals surface area contributed by atoms with Crippen LogP contribution in [0, 0.1) is 18.6 Å². The first-order valence-electron chi connectivity index (χ1n) is 14.5. The predicted molar refractivity (Wildman–Crippen MR) is 157 cm³/mol. The average molecular weight is 571 g/mol. The van der Waals surface area contributed by atoms with Crippen molar-refractivity contribution in [1.82, 2.24) is 19.3 Å². The number of benzene rings is 2. The zero-order chi connectivity index (χ0) is 29.1. The number of anilines is 1. The van der Waals surface area contributed by atoms with E-state index in [1.807, 2.05) is 34.5 Å². The summed E-state index contributed by atoms with van der Waals surface area (Å²) in [5.74, 6) is -1.14. The van der Waals surface area contributed by atoms with E-state index < -0.39 is 17.5 Å². The standard InChI is InChI=1S/C32H32F2N6O2/c1-17-5-12-25-22(16-38-40(25)26-4-2-3-13-42-26)29(17)39-30-21(10-8-19-14-20(33)9-11-24(19)34)28(18-6-7-18)37-15-23(30)27(31(39)35)32(36)41/h5,9,11-12,14-16,18,26H,2-4,6-8,10,13,35H2,1H3,(H2,36,41). The van der Waals surface area contributed by atoms with E-state index in [1.165, 1.54) is 6.07 Å². The van der Waals surface area contributed by atoms with Crippen LogP contribution < -0.4 is 11.5 Å². The zero-order valence-corrected chi connectivity index (χ0v) is 23.4. The molecule has 7 rings (SSSR count). The number of rotatable bonds is 7. The van der Waals surface area contributed by atoms with Gasteiger partial charge in [-0.1, -0.05) is 6.07 Å². The van der Waals surface area contributed by atoms with E-state index in [9.17, 15) is 13.6 Å². The van der Waals surface area contributed by atoms with Crippen LogP contribution in [0.15, 0.2) is 42.7 Å². The number of aromatic nitrogens is 4. The van der Waals surface area contributed by atoms with E-state index in [4.69, 9.17) is 26.3 Å². The van der Waals surface area contributed by atoms with Gasteiger partial charge in [0, 0.05) is 35.2 Å². The van der Waals surface area contributed by atoms with E-state index in [0.717, 1.165) is 77.6 Å². The van der Waals surface area contributed by atoms with Crippen molar-refractivity contribution in [3.8, 4) is 5.69 Å². The molecule has 1 saturated carbocycles. The Hall–Kier alpha value is -4.31. The van der Waals surface area contributed by atoms with Crippen molar-refractivity contribution in [2.75, 3.05) is 12.3 Å². The van der Waals surface area contributed by atoms with Crippen molar-refractivity contribution in [3.63, 3.8) is 0 Å². The SMILES string of the molecule is Cc1ccc2c(cnn2C2CCCCO2)c1-n1c(N)c(C(N)=O)c2cnc(C3CC3)c(CCc3cc(F)ccc3F)c21. The molecule has 0 spiro atoms. The van der Waals surface area contributed by atoms with Gasteiger partial charge in [-0.05, 0) is 92.8 Å². The van der Waals surface area contributed by atoms with Gasteiger partial charge < -0.3 is 16.2 Å². The maximum atomic E-state index is 14.7. The molecule has 1 aliphatic heterocycles. The number of amides is 1. The summed E-state index contributed by atoms with van der Waals surface area (Å²) in [6.07, 6.45) is 8.90. The summed E-state index contributed by atoms with van der Waals surface area (Å²) in [6.45, 7) is 2.68. The van der Waals surface area contributed by atoms with Gasteiger partial charge in [0.05, 0.1) is 28.5 Å². The molecule has 1 amide bonds. The Kier molecular flexibility index (Phi) is 6.46. The molecule has 0 bridgehead atoms. The lowest BCUT2D eigenvalue weighted by molar-refractivity contribution is -0.0366. The Morgan fingerprint density at radius 1 is 1.07 bits per heavy atom. The highest BCUT2D eigenvalue weighted by atomic mass is 19.1. The zero-order valence-electron chi connectivity index (χ0n) is 23.4. The predicted octanol–water partition coefficient (Wildman–Crippen LogP) is 6.00. The van der Waals surface area contributed by atoms with Crippen molar-refractivity contribution >= 4 is 33.5 Å². The molecule has 2 aliphatic rings. The van der Waals surface area contributed by atoms with Gasteiger partial charge in [0.2, 0.25) is 0 Å². The van der Waals surface area contributed by atoms with Crippen molar-refractivity contribution in [1.29, 1.82) is 0 Å². The van der Waals surface area contributed by atoms with E-state index in [2.05, 4.69) is 0 Å². The topological polar surface area (TPSA) is 114 Å². The summed E-state index contributed by atoms with van der Waals surface area (Å²) in [4.78, 5) is 17.6. The number of hydrogen-bond donors (Lipinski definition) is 2. The second kappa shape index (κ2) is 10.2. The van der Waals surface area contributed by atoms with Crippen LogP contribution in [0.25, 0.3) is 27.5 Å². The van der Waals surface area contributed by atoms with Gasteiger partial charge in [0.25, 0.3) is 5.91 Å². The molecule has 0 radical (unpaired) electrons. The van der Waals surface area contributed by atoms with Crippen LogP contribution in [0.1, 0.15) is 77.0 Å². The third-order valence-electron chi connectivity index (χ3n) is 8.64. The summed E-state index contributed by atoms with van der Waals surface area (Å²) in [7, 11) is 0. The van der Waals surface area contributed by atoms with E-state index in [-0.39, 0.29) is 35.5 Å². The number of halogens is 2. The van der Waals surface area contributed by atoms with Crippen LogP contribution in [-0.2, 0) is 17.6 Å². The largest absolute Gasteiger partial charge is 0.384 e. The minimum absolute atomic E-state index is 0.158. The number of nitrogens with zero attached hydrogens (tertiary/aromatic N) is 4. The maximum absolute atomic E-state index is 14.7. The lowest BCUT2D eigenvalue weighted by Crippen LogP contribution is -2.19. The van der Waals surface area contributed by atoms with Gasteiger partial charge in [-0.2, -0.15) is 5.10 Å². The Morgan fingerprint density at radius 3 is 2.64 bits per heavy atom. The Labute approximate surface area is 241 Å². The monoisotopic (exact) mass is 570 g/mol. The fraction of sp³-hybridized carbons (Fsp3) is 0.344. The second-order valence-corrected chi connectivity index (χ2v) is 11.4. The molecule has 8 nitrogen and oxygen atoms in total. The first-order valence-corrected chi connectivity index (χ1v) is 14.5. The van der Waals surface area contributed by atoms with Crippen molar-refractivity contribution in [2.24, 2.45) is 5.73 Å². The first kappa shape index (κ1) is 26.6. The van der Waals surface area contributed by atoms with E-state index in [1.54, 1.807) is 6.20 Å². The Bertz CT molecular complexity index is 1870. The lowest BCUT2D eigenvalue weighted by Gasteiger charge is -2.23. The van der Waals surface area contributed by atoms with Gasteiger partial charge >= 0.3 is 0 Å². The minimum Gasteiger partial charge on any atom is -0.384 e. The molecule has 1 atom stereocenters.